The molecule has 0 spiro atoms. The first-order valence-electron chi connectivity index (χ1n) is 9.13. The van der Waals surface area contributed by atoms with Crippen molar-refractivity contribution in [3.63, 3.8) is 0 Å². The molecule has 4 rings (SSSR count). The predicted octanol–water partition coefficient (Wildman–Crippen LogP) is 3.76. The second kappa shape index (κ2) is 7.86. The van der Waals surface area contributed by atoms with E-state index in [4.69, 9.17) is 0 Å². The van der Waals surface area contributed by atoms with Crippen molar-refractivity contribution >= 4 is 52.2 Å². The van der Waals surface area contributed by atoms with E-state index in [0.717, 1.165) is 31.1 Å². The van der Waals surface area contributed by atoms with Crippen molar-refractivity contribution in [3.8, 4) is 5.69 Å². The third-order valence-electron chi connectivity index (χ3n) is 4.84. The van der Waals surface area contributed by atoms with Gasteiger partial charge in [-0.2, -0.15) is 0 Å². The second-order valence-electron chi connectivity index (χ2n) is 6.81. The molecule has 0 bridgehead atoms. The van der Waals surface area contributed by atoms with Crippen LogP contribution in [-0.4, -0.2) is 27.4 Å². The molecule has 1 saturated heterocycles. The summed E-state index contributed by atoms with van der Waals surface area (Å²) in [5, 5.41) is 2.23. The zero-order valence-electron chi connectivity index (χ0n) is 16.2. The van der Waals surface area contributed by atoms with Gasteiger partial charge in [0.1, 0.15) is 5.57 Å². The molecule has 1 fully saturated rings. The highest BCUT2D eigenvalue weighted by Gasteiger charge is 2.37. The number of benzene rings is 1. The van der Waals surface area contributed by atoms with Gasteiger partial charge in [-0.1, -0.05) is 6.07 Å². The van der Waals surface area contributed by atoms with Crippen LogP contribution in [0.1, 0.15) is 17.0 Å². The number of aromatic nitrogens is 2. The molecule has 3 heterocycles. The Labute approximate surface area is 186 Å². The zero-order valence-corrected chi connectivity index (χ0v) is 18.4. The van der Waals surface area contributed by atoms with Crippen molar-refractivity contribution in [2.45, 2.75) is 13.8 Å². The summed E-state index contributed by atoms with van der Waals surface area (Å²) < 4.78 is 3.16. The van der Waals surface area contributed by atoms with Gasteiger partial charge in [0, 0.05) is 26.8 Å². The van der Waals surface area contributed by atoms with Gasteiger partial charge in [-0.3, -0.25) is 19.9 Å². The van der Waals surface area contributed by atoms with Crippen LogP contribution in [0.2, 0.25) is 0 Å². The fourth-order valence-electron chi connectivity index (χ4n) is 3.48. The minimum Gasteiger partial charge on any atom is -0.318 e. The SMILES string of the molecule is Cc1cc(/C=C2\C(=O)NC(=O)N(c3cccnc3)C2=O)c(C)n1-c1cccc(I)c1. The lowest BCUT2D eigenvalue weighted by molar-refractivity contribution is -0.122. The van der Waals surface area contributed by atoms with Gasteiger partial charge in [0.2, 0.25) is 0 Å². The Hall–Kier alpha value is -3.27. The third kappa shape index (κ3) is 3.54. The van der Waals surface area contributed by atoms with E-state index in [1.54, 1.807) is 12.1 Å². The molecule has 0 atom stereocenters. The van der Waals surface area contributed by atoms with Crippen LogP contribution in [-0.2, 0) is 9.59 Å². The summed E-state index contributed by atoms with van der Waals surface area (Å²) >= 11 is 2.26. The van der Waals surface area contributed by atoms with Gasteiger partial charge >= 0.3 is 6.03 Å². The molecule has 1 N–H and O–H groups in total. The molecule has 7 nitrogen and oxygen atoms in total. The molecular formula is C22H17IN4O3. The Morgan fingerprint density at radius 2 is 1.80 bits per heavy atom. The summed E-state index contributed by atoms with van der Waals surface area (Å²) in [5.74, 6) is -1.40. The number of carbonyl (C=O) groups excluding carboxylic acids is 3. The van der Waals surface area contributed by atoms with Crippen LogP contribution in [0.25, 0.3) is 11.8 Å². The maximum atomic E-state index is 13.0. The van der Waals surface area contributed by atoms with Crippen LogP contribution < -0.4 is 10.2 Å². The summed E-state index contributed by atoms with van der Waals surface area (Å²) in [5.41, 5.74) is 3.75. The highest BCUT2D eigenvalue weighted by molar-refractivity contribution is 14.1. The second-order valence-corrected chi connectivity index (χ2v) is 8.06. The van der Waals surface area contributed by atoms with E-state index < -0.39 is 17.8 Å². The summed E-state index contributed by atoms with van der Waals surface area (Å²) in [4.78, 5) is 42.6. The number of halogens is 1. The van der Waals surface area contributed by atoms with Crippen molar-refractivity contribution in [2.24, 2.45) is 0 Å². The van der Waals surface area contributed by atoms with Crippen molar-refractivity contribution in [3.05, 3.63) is 81.0 Å². The van der Waals surface area contributed by atoms with Crippen LogP contribution in [0.5, 0.6) is 0 Å². The normalized spacial score (nSPS) is 15.6. The Kier molecular flexibility index (Phi) is 5.25. The number of urea groups is 1. The van der Waals surface area contributed by atoms with E-state index >= 15 is 0 Å². The van der Waals surface area contributed by atoms with Crippen molar-refractivity contribution < 1.29 is 14.4 Å². The summed E-state index contributed by atoms with van der Waals surface area (Å²) in [7, 11) is 0. The predicted molar refractivity (Wildman–Crippen MR) is 121 cm³/mol. The van der Waals surface area contributed by atoms with Gasteiger partial charge in [-0.05, 0) is 84.5 Å². The Morgan fingerprint density at radius 3 is 2.50 bits per heavy atom. The summed E-state index contributed by atoms with van der Waals surface area (Å²) in [6.45, 7) is 3.89. The fourth-order valence-corrected chi connectivity index (χ4v) is 4.01. The van der Waals surface area contributed by atoms with Gasteiger partial charge in [0.15, 0.2) is 0 Å². The zero-order chi connectivity index (χ0) is 21.4. The van der Waals surface area contributed by atoms with Crippen molar-refractivity contribution in [1.82, 2.24) is 14.9 Å². The topological polar surface area (TPSA) is 84.3 Å². The number of nitrogens with one attached hydrogen (secondary N) is 1. The largest absolute Gasteiger partial charge is 0.336 e. The number of amides is 4. The van der Waals surface area contributed by atoms with Gasteiger partial charge in [-0.15, -0.1) is 0 Å². The molecule has 8 heteroatoms. The monoisotopic (exact) mass is 512 g/mol. The standard InChI is InChI=1S/C22H17IN4O3/c1-13-9-15(14(2)26(13)17-6-3-5-16(23)11-17)10-19-20(28)25-22(30)27(21(19)29)18-7-4-8-24-12-18/h3-12H,1-2H3,(H,25,28,30)/b19-10+. The Balaban J connectivity index is 1.77. The number of pyridine rings is 1. The minimum atomic E-state index is -0.792. The molecule has 150 valence electrons. The van der Waals surface area contributed by atoms with Crippen LogP contribution in [0.15, 0.2) is 60.4 Å². The molecular weight excluding hydrogens is 495 g/mol. The number of barbiturate groups is 1. The summed E-state index contributed by atoms with van der Waals surface area (Å²) in [6.07, 6.45) is 4.46. The molecule has 1 aliphatic heterocycles. The lowest BCUT2D eigenvalue weighted by atomic mass is 10.1. The number of nitrogens with zero attached hydrogens (tertiary/aromatic N) is 3. The lowest BCUT2D eigenvalue weighted by Gasteiger charge is -2.26. The van der Waals surface area contributed by atoms with Crippen LogP contribution in [0.3, 0.4) is 0 Å². The van der Waals surface area contributed by atoms with E-state index in [1.165, 1.54) is 18.5 Å². The molecule has 1 aromatic carbocycles. The number of anilines is 1. The number of imide groups is 2. The maximum Gasteiger partial charge on any atom is 0.336 e. The summed E-state index contributed by atoms with van der Waals surface area (Å²) in [6, 6.07) is 12.4. The lowest BCUT2D eigenvalue weighted by Crippen LogP contribution is -2.54. The molecule has 4 amide bonds. The maximum absolute atomic E-state index is 13.0. The van der Waals surface area contributed by atoms with Crippen molar-refractivity contribution in [2.75, 3.05) is 4.90 Å². The van der Waals surface area contributed by atoms with E-state index in [-0.39, 0.29) is 5.57 Å². The smallest absolute Gasteiger partial charge is 0.318 e. The quantitative estimate of drug-likeness (QED) is 0.329. The minimum absolute atomic E-state index is 0.110. The molecule has 0 aliphatic carbocycles. The highest BCUT2D eigenvalue weighted by Crippen LogP contribution is 2.26. The average molecular weight is 512 g/mol. The van der Waals surface area contributed by atoms with Crippen LogP contribution in [0.4, 0.5) is 10.5 Å². The fraction of sp³-hybridized carbons (Fsp3) is 0.0909. The van der Waals surface area contributed by atoms with Gasteiger partial charge in [0.05, 0.1) is 11.9 Å². The van der Waals surface area contributed by atoms with E-state index in [2.05, 4.69) is 43.5 Å². The Bertz CT molecular complexity index is 1210. The van der Waals surface area contributed by atoms with E-state index in [0.29, 0.717) is 5.69 Å². The van der Waals surface area contributed by atoms with Crippen LogP contribution >= 0.6 is 22.6 Å². The number of aryl methyl sites for hydroxylation is 1. The molecule has 2 aromatic heterocycles. The molecule has 30 heavy (non-hydrogen) atoms. The average Bonchev–Trinajstić information content (AvgIpc) is 2.99. The highest BCUT2D eigenvalue weighted by atomic mass is 127. The van der Waals surface area contributed by atoms with Gasteiger partial charge in [-0.25, -0.2) is 9.69 Å². The van der Waals surface area contributed by atoms with Gasteiger partial charge in [0.25, 0.3) is 11.8 Å². The molecule has 0 saturated carbocycles. The first kappa shape index (κ1) is 20.0. The van der Waals surface area contributed by atoms with E-state index in [9.17, 15) is 14.4 Å². The molecule has 3 aromatic rings. The molecule has 0 unspecified atom stereocenters. The number of hydrogen-bond acceptors (Lipinski definition) is 4. The number of rotatable bonds is 3. The van der Waals surface area contributed by atoms with Gasteiger partial charge < -0.3 is 4.57 Å². The molecule has 0 radical (unpaired) electrons. The number of carbonyl (C=O) groups is 3. The Morgan fingerprint density at radius 1 is 1.03 bits per heavy atom. The van der Waals surface area contributed by atoms with Crippen molar-refractivity contribution in [1.29, 1.82) is 0 Å². The molecule has 1 aliphatic rings. The first-order valence-corrected chi connectivity index (χ1v) is 10.2. The first-order chi connectivity index (χ1) is 14.4. The van der Waals surface area contributed by atoms with Crippen LogP contribution in [0, 0.1) is 17.4 Å². The van der Waals surface area contributed by atoms with E-state index in [1.807, 2.05) is 38.1 Å². The number of hydrogen-bond donors (Lipinski definition) is 1. The third-order valence-corrected chi connectivity index (χ3v) is 5.51.